The van der Waals surface area contributed by atoms with Crippen molar-refractivity contribution in [1.82, 2.24) is 9.88 Å². The summed E-state index contributed by atoms with van der Waals surface area (Å²) in [5, 5.41) is 0. The van der Waals surface area contributed by atoms with Crippen molar-refractivity contribution in [2.45, 2.75) is 32.7 Å². The Morgan fingerprint density at radius 3 is 2.72 bits per heavy atom. The number of amides is 2. The lowest BCUT2D eigenvalue weighted by atomic mass is 9.95. The first-order valence-electron chi connectivity index (χ1n) is 10.5. The average Bonchev–Trinajstić information content (AvgIpc) is 2.76. The first-order chi connectivity index (χ1) is 15.3. The zero-order chi connectivity index (χ0) is 23.3. The van der Waals surface area contributed by atoms with Gasteiger partial charge in [0.1, 0.15) is 17.9 Å². The summed E-state index contributed by atoms with van der Waals surface area (Å²) >= 11 is 0. The molecule has 0 saturated carbocycles. The molecule has 170 valence electrons. The van der Waals surface area contributed by atoms with Crippen molar-refractivity contribution in [3.8, 4) is 0 Å². The summed E-state index contributed by atoms with van der Waals surface area (Å²) < 4.78 is 18.0. The highest BCUT2D eigenvalue weighted by atomic mass is 19.1. The molecule has 0 spiro atoms. The molecular formula is C23H27FN4O4. The number of nitrogens with two attached hydrogens (primary N) is 1. The zero-order valence-electron chi connectivity index (χ0n) is 18.2. The van der Waals surface area contributed by atoms with Crippen molar-refractivity contribution in [2.75, 3.05) is 31.1 Å². The second-order valence-electron chi connectivity index (χ2n) is 7.88. The number of rotatable bonds is 7. The van der Waals surface area contributed by atoms with Crippen molar-refractivity contribution >= 4 is 24.1 Å². The molecule has 0 bridgehead atoms. The van der Waals surface area contributed by atoms with Gasteiger partial charge in [0.2, 0.25) is 0 Å². The minimum atomic E-state index is -0.837. The Morgan fingerprint density at radius 2 is 2.09 bits per heavy atom. The summed E-state index contributed by atoms with van der Waals surface area (Å²) in [7, 11) is 0. The Balaban J connectivity index is 1.77. The van der Waals surface area contributed by atoms with E-state index in [-0.39, 0.29) is 18.6 Å². The molecule has 2 heterocycles. The van der Waals surface area contributed by atoms with Gasteiger partial charge < -0.3 is 20.3 Å². The van der Waals surface area contributed by atoms with Crippen LogP contribution < -0.4 is 10.6 Å². The van der Waals surface area contributed by atoms with Gasteiger partial charge in [-0.05, 0) is 56.0 Å². The molecule has 1 fully saturated rings. The van der Waals surface area contributed by atoms with E-state index in [4.69, 9.17) is 10.5 Å². The van der Waals surface area contributed by atoms with E-state index < -0.39 is 11.9 Å². The maximum atomic E-state index is 13.5. The van der Waals surface area contributed by atoms with Gasteiger partial charge in [-0.2, -0.15) is 0 Å². The maximum Gasteiger partial charge on any atom is 0.404 e. The van der Waals surface area contributed by atoms with E-state index in [0.29, 0.717) is 49.4 Å². The molecule has 0 unspecified atom stereocenters. The van der Waals surface area contributed by atoms with Gasteiger partial charge in [-0.15, -0.1) is 0 Å². The fourth-order valence-electron chi connectivity index (χ4n) is 3.93. The zero-order valence-corrected chi connectivity index (χ0v) is 18.2. The molecule has 9 heteroatoms. The highest BCUT2D eigenvalue weighted by Crippen LogP contribution is 2.23. The summed E-state index contributed by atoms with van der Waals surface area (Å²) in [6.07, 6.45) is 2.09. The molecule has 32 heavy (non-hydrogen) atoms. The summed E-state index contributed by atoms with van der Waals surface area (Å²) in [4.78, 5) is 43.6. The Kier molecular flexibility index (Phi) is 7.40. The van der Waals surface area contributed by atoms with Gasteiger partial charge in [0, 0.05) is 36.8 Å². The number of primary amides is 1. The molecule has 1 saturated heterocycles. The van der Waals surface area contributed by atoms with Crippen molar-refractivity contribution in [3.63, 3.8) is 0 Å². The Labute approximate surface area is 186 Å². The molecular weight excluding hydrogens is 415 g/mol. The summed E-state index contributed by atoms with van der Waals surface area (Å²) in [6.45, 7) is 5.49. The lowest BCUT2D eigenvalue weighted by Crippen LogP contribution is -2.54. The number of carbonyl (C=O) groups excluding carboxylic acids is 3. The van der Waals surface area contributed by atoms with Gasteiger partial charge in [0.25, 0.3) is 5.91 Å². The molecule has 2 N–H and O–H groups in total. The third kappa shape index (κ3) is 5.40. The standard InChI is InChI=1S/C23H27FN4O4/c1-15-10-17(4-3-9-32-23(25)31)20(11-18(15)14-29)22(30)28-8-7-27(13-16(28)2)21-6-5-19(24)12-26-21/h5-6,10-12,14,16H,3-4,7-9,13H2,1-2H3,(H2,25,31)/t16-/m0/s1. The van der Waals surface area contributed by atoms with Crippen molar-refractivity contribution in [2.24, 2.45) is 5.73 Å². The number of aromatic nitrogens is 1. The predicted octanol–water partition coefficient (Wildman–Crippen LogP) is 2.72. The minimum Gasteiger partial charge on any atom is -0.450 e. The van der Waals surface area contributed by atoms with E-state index in [9.17, 15) is 18.8 Å². The predicted molar refractivity (Wildman–Crippen MR) is 117 cm³/mol. The number of benzene rings is 1. The highest BCUT2D eigenvalue weighted by Gasteiger charge is 2.30. The number of pyridine rings is 1. The molecule has 1 aliphatic heterocycles. The molecule has 3 rings (SSSR count). The number of anilines is 1. The van der Waals surface area contributed by atoms with E-state index in [0.717, 1.165) is 17.4 Å². The topological polar surface area (TPSA) is 106 Å². The normalized spacial score (nSPS) is 16.0. The van der Waals surface area contributed by atoms with Crippen LogP contribution in [0.5, 0.6) is 0 Å². The van der Waals surface area contributed by atoms with E-state index in [1.54, 1.807) is 17.0 Å². The number of nitrogens with zero attached hydrogens (tertiary/aromatic N) is 3. The number of aldehydes is 1. The molecule has 2 aromatic rings. The van der Waals surface area contributed by atoms with E-state index in [1.165, 1.54) is 12.3 Å². The first kappa shape index (κ1) is 23.2. The van der Waals surface area contributed by atoms with Crippen LogP contribution in [-0.4, -0.2) is 60.5 Å². The van der Waals surface area contributed by atoms with Gasteiger partial charge in [0.05, 0.1) is 12.8 Å². The summed E-state index contributed by atoms with van der Waals surface area (Å²) in [6, 6.07) is 6.35. The van der Waals surface area contributed by atoms with Crippen LogP contribution in [0.1, 0.15) is 45.2 Å². The van der Waals surface area contributed by atoms with Crippen LogP contribution >= 0.6 is 0 Å². The van der Waals surface area contributed by atoms with Crippen molar-refractivity contribution < 1.29 is 23.5 Å². The van der Waals surface area contributed by atoms with Crippen LogP contribution in [0.25, 0.3) is 0 Å². The van der Waals surface area contributed by atoms with Crippen LogP contribution in [0.3, 0.4) is 0 Å². The smallest absolute Gasteiger partial charge is 0.404 e. The number of aryl methyl sites for hydroxylation is 2. The molecule has 2 amide bonds. The molecule has 1 aromatic heterocycles. The Bertz CT molecular complexity index is 996. The number of hydrogen-bond acceptors (Lipinski definition) is 6. The molecule has 1 aromatic carbocycles. The fraction of sp³-hybridized carbons (Fsp3) is 0.391. The largest absolute Gasteiger partial charge is 0.450 e. The summed E-state index contributed by atoms with van der Waals surface area (Å²) in [5.41, 5.74) is 7.50. The van der Waals surface area contributed by atoms with Gasteiger partial charge in [-0.3, -0.25) is 9.59 Å². The number of piperazine rings is 1. The average molecular weight is 442 g/mol. The fourth-order valence-corrected chi connectivity index (χ4v) is 3.93. The molecule has 1 atom stereocenters. The Morgan fingerprint density at radius 1 is 1.31 bits per heavy atom. The second kappa shape index (κ2) is 10.2. The van der Waals surface area contributed by atoms with Gasteiger partial charge in [0.15, 0.2) is 0 Å². The maximum absolute atomic E-state index is 13.5. The Hall–Kier alpha value is -3.49. The van der Waals surface area contributed by atoms with Crippen LogP contribution in [-0.2, 0) is 11.2 Å². The number of hydrogen-bond donors (Lipinski definition) is 1. The lowest BCUT2D eigenvalue weighted by Gasteiger charge is -2.40. The van der Waals surface area contributed by atoms with Crippen molar-refractivity contribution in [1.29, 1.82) is 0 Å². The number of carbonyl (C=O) groups is 3. The first-order valence-corrected chi connectivity index (χ1v) is 10.5. The van der Waals surface area contributed by atoms with Gasteiger partial charge in [-0.25, -0.2) is 14.2 Å². The summed E-state index contributed by atoms with van der Waals surface area (Å²) in [5.74, 6) is 0.118. The van der Waals surface area contributed by atoms with Crippen LogP contribution in [0.15, 0.2) is 30.5 Å². The second-order valence-corrected chi connectivity index (χ2v) is 7.88. The third-order valence-electron chi connectivity index (χ3n) is 5.61. The van der Waals surface area contributed by atoms with E-state index in [1.807, 2.05) is 24.8 Å². The van der Waals surface area contributed by atoms with Crippen molar-refractivity contribution in [3.05, 3.63) is 58.5 Å². The highest BCUT2D eigenvalue weighted by molar-refractivity contribution is 5.98. The lowest BCUT2D eigenvalue weighted by molar-refractivity contribution is 0.0672. The van der Waals surface area contributed by atoms with E-state index >= 15 is 0 Å². The van der Waals surface area contributed by atoms with Gasteiger partial charge >= 0.3 is 6.09 Å². The SMILES string of the molecule is Cc1cc(CCCOC(N)=O)c(C(=O)N2CCN(c3ccc(F)cn3)C[C@@H]2C)cc1C=O. The van der Waals surface area contributed by atoms with Crippen LogP contribution in [0.4, 0.5) is 15.0 Å². The molecule has 8 nitrogen and oxygen atoms in total. The van der Waals surface area contributed by atoms with E-state index in [2.05, 4.69) is 4.98 Å². The minimum absolute atomic E-state index is 0.116. The molecule has 0 radical (unpaired) electrons. The number of ether oxygens (including phenoxy) is 1. The monoisotopic (exact) mass is 442 g/mol. The molecule has 0 aliphatic carbocycles. The van der Waals surface area contributed by atoms with Crippen LogP contribution in [0, 0.1) is 12.7 Å². The quantitative estimate of drug-likeness (QED) is 0.522. The van der Waals surface area contributed by atoms with Crippen LogP contribution in [0.2, 0.25) is 0 Å². The third-order valence-corrected chi connectivity index (χ3v) is 5.61. The molecule has 1 aliphatic rings. The van der Waals surface area contributed by atoms with Gasteiger partial charge in [-0.1, -0.05) is 6.07 Å². The number of halogens is 1.